The van der Waals surface area contributed by atoms with E-state index in [4.69, 9.17) is 9.15 Å². The number of nitrogens with one attached hydrogen (secondary N) is 1. The van der Waals surface area contributed by atoms with Gasteiger partial charge in [-0.15, -0.1) is 0 Å². The third kappa shape index (κ3) is 2.53. The average molecular weight is 311 g/mol. The molecule has 0 spiro atoms. The second-order valence-electron chi connectivity index (χ2n) is 6.01. The fraction of sp³-hybridized carbons (Fsp3) is 0.278. The second-order valence-corrected chi connectivity index (χ2v) is 6.01. The van der Waals surface area contributed by atoms with Gasteiger partial charge in [-0.1, -0.05) is 11.8 Å². The Morgan fingerprint density at radius 3 is 2.78 bits per heavy atom. The molecule has 0 saturated carbocycles. The van der Waals surface area contributed by atoms with Gasteiger partial charge >= 0.3 is 0 Å². The molecule has 2 aliphatic heterocycles. The Morgan fingerprint density at radius 2 is 2.04 bits per heavy atom. The lowest BCUT2D eigenvalue weighted by Gasteiger charge is -2.19. The molecule has 23 heavy (non-hydrogen) atoms. The van der Waals surface area contributed by atoms with Crippen molar-refractivity contribution in [3.8, 4) is 11.5 Å². The number of ether oxygens (including phenoxy) is 1. The van der Waals surface area contributed by atoms with Gasteiger partial charge in [0, 0.05) is 24.5 Å². The molecule has 3 heterocycles. The second kappa shape index (κ2) is 5.59. The van der Waals surface area contributed by atoms with Crippen LogP contribution < -0.4 is 14.7 Å². The summed E-state index contributed by atoms with van der Waals surface area (Å²) in [5.74, 6) is 0.928. The molecule has 0 unspecified atom stereocenters. The first-order valence-electron chi connectivity index (χ1n) is 7.86. The van der Waals surface area contributed by atoms with E-state index in [1.54, 1.807) is 24.3 Å². The molecule has 0 atom stereocenters. The molecule has 5 nitrogen and oxygen atoms in total. The van der Waals surface area contributed by atoms with Crippen LogP contribution in [-0.2, 0) is 6.54 Å². The lowest BCUT2D eigenvalue weighted by atomic mass is 10.0. The van der Waals surface area contributed by atoms with Gasteiger partial charge < -0.3 is 19.2 Å². The van der Waals surface area contributed by atoms with Crippen molar-refractivity contribution in [3.63, 3.8) is 0 Å². The maximum absolute atomic E-state index is 12.5. The van der Waals surface area contributed by atoms with E-state index < -0.39 is 0 Å². The largest absolute Gasteiger partial charge is 0.872 e. The van der Waals surface area contributed by atoms with Crippen molar-refractivity contribution >= 4 is 11.9 Å². The van der Waals surface area contributed by atoms with Gasteiger partial charge in [0.1, 0.15) is 18.1 Å². The van der Waals surface area contributed by atoms with Gasteiger partial charge in [-0.2, -0.15) is 0 Å². The number of hydrogen-bond donors (Lipinski definition) is 1. The summed E-state index contributed by atoms with van der Waals surface area (Å²) in [6, 6.07) is 6.53. The molecule has 118 valence electrons. The number of benzene rings is 1. The van der Waals surface area contributed by atoms with Crippen LogP contribution in [0.5, 0.6) is 11.5 Å². The van der Waals surface area contributed by atoms with Crippen LogP contribution in [0.2, 0.25) is 0 Å². The number of fused-ring (bicyclic) bond motifs is 1. The van der Waals surface area contributed by atoms with E-state index in [0.29, 0.717) is 29.2 Å². The molecule has 0 bridgehead atoms. The SMILES string of the molecule is O=C1C(=Cc2ccco2)Oc2c1ccc([O-])c2C[NH+]1CCCC1. The van der Waals surface area contributed by atoms with Crippen molar-refractivity contribution < 1.29 is 24.0 Å². The number of ketones is 1. The van der Waals surface area contributed by atoms with Crippen LogP contribution in [-0.4, -0.2) is 18.9 Å². The summed E-state index contributed by atoms with van der Waals surface area (Å²) < 4.78 is 11.0. The van der Waals surface area contributed by atoms with Crippen LogP contribution in [0.3, 0.4) is 0 Å². The number of quaternary nitrogens is 1. The third-order valence-electron chi connectivity index (χ3n) is 4.45. The monoisotopic (exact) mass is 311 g/mol. The zero-order valence-corrected chi connectivity index (χ0v) is 12.6. The first-order chi connectivity index (χ1) is 11.2. The van der Waals surface area contributed by atoms with Crippen LogP contribution >= 0.6 is 0 Å². The number of rotatable bonds is 3. The molecular formula is C18H17NO4. The zero-order chi connectivity index (χ0) is 15.8. The maximum atomic E-state index is 12.5. The lowest BCUT2D eigenvalue weighted by Crippen LogP contribution is -3.08. The average Bonchev–Trinajstić information content (AvgIpc) is 3.27. The molecule has 1 N–H and O–H groups in total. The summed E-state index contributed by atoms with van der Waals surface area (Å²) in [4.78, 5) is 13.9. The summed E-state index contributed by atoms with van der Waals surface area (Å²) in [6.45, 7) is 2.74. The van der Waals surface area contributed by atoms with E-state index in [-0.39, 0.29) is 17.3 Å². The van der Waals surface area contributed by atoms with Crippen LogP contribution in [0, 0.1) is 0 Å². The number of hydrogen-bond acceptors (Lipinski definition) is 4. The van der Waals surface area contributed by atoms with E-state index in [1.807, 2.05) is 0 Å². The van der Waals surface area contributed by atoms with Crippen LogP contribution in [0.4, 0.5) is 0 Å². The normalized spacial score (nSPS) is 19.3. The molecule has 4 rings (SSSR count). The van der Waals surface area contributed by atoms with Crippen molar-refractivity contribution in [2.75, 3.05) is 13.1 Å². The predicted molar refractivity (Wildman–Crippen MR) is 81.2 cm³/mol. The Hall–Kier alpha value is -2.53. The Kier molecular flexibility index (Phi) is 3.42. The van der Waals surface area contributed by atoms with Crippen LogP contribution in [0.25, 0.3) is 6.08 Å². The minimum absolute atomic E-state index is 0.0600. The Labute approximate surface area is 133 Å². The number of carbonyl (C=O) groups excluding carboxylic acids is 1. The number of furan rings is 1. The summed E-state index contributed by atoms with van der Waals surface area (Å²) in [6.07, 6.45) is 5.47. The van der Waals surface area contributed by atoms with Crippen molar-refractivity contribution in [1.82, 2.24) is 0 Å². The summed E-state index contributed by atoms with van der Waals surface area (Å²) in [7, 11) is 0. The molecule has 2 aromatic rings. The molecule has 0 amide bonds. The molecule has 1 saturated heterocycles. The molecule has 1 fully saturated rings. The lowest BCUT2D eigenvalue weighted by molar-refractivity contribution is -0.901. The standard InChI is InChI=1S/C18H17NO4/c20-15-6-5-13-17(21)16(10-12-4-3-9-22-12)23-18(13)14(15)11-19-7-1-2-8-19/h3-6,9-10,20H,1-2,7-8,11H2. The molecule has 0 radical (unpaired) electrons. The first kappa shape index (κ1) is 14.1. The minimum Gasteiger partial charge on any atom is -0.872 e. The number of likely N-dealkylation sites (tertiary alicyclic amines) is 1. The molecule has 5 heteroatoms. The van der Waals surface area contributed by atoms with Crippen LogP contribution in [0.15, 0.2) is 40.7 Å². The highest BCUT2D eigenvalue weighted by Gasteiger charge is 2.31. The van der Waals surface area contributed by atoms with Crippen LogP contribution in [0.1, 0.15) is 34.5 Å². The predicted octanol–water partition coefficient (Wildman–Crippen LogP) is 1.15. The van der Waals surface area contributed by atoms with Gasteiger partial charge in [-0.05, 0) is 18.2 Å². The molecule has 1 aromatic heterocycles. The van der Waals surface area contributed by atoms with Gasteiger partial charge in [0.15, 0.2) is 5.76 Å². The van der Waals surface area contributed by atoms with E-state index >= 15 is 0 Å². The smallest absolute Gasteiger partial charge is 0.232 e. The third-order valence-corrected chi connectivity index (χ3v) is 4.45. The summed E-state index contributed by atoms with van der Waals surface area (Å²) in [5.41, 5.74) is 1.08. The van der Waals surface area contributed by atoms with E-state index in [1.165, 1.54) is 30.1 Å². The first-order valence-corrected chi connectivity index (χ1v) is 7.86. The highest BCUT2D eigenvalue weighted by Crippen LogP contribution is 2.38. The Bertz CT molecular complexity index is 771. The Morgan fingerprint density at radius 1 is 1.22 bits per heavy atom. The number of allylic oxidation sites excluding steroid dienone is 1. The van der Waals surface area contributed by atoms with Gasteiger partial charge in [0.05, 0.1) is 24.9 Å². The van der Waals surface area contributed by atoms with E-state index in [2.05, 4.69) is 0 Å². The van der Waals surface area contributed by atoms with Gasteiger partial charge in [0.2, 0.25) is 5.78 Å². The van der Waals surface area contributed by atoms with Gasteiger partial charge in [-0.25, -0.2) is 0 Å². The van der Waals surface area contributed by atoms with Crippen molar-refractivity contribution in [1.29, 1.82) is 0 Å². The fourth-order valence-corrected chi connectivity index (χ4v) is 3.26. The fourth-order valence-electron chi connectivity index (χ4n) is 3.26. The zero-order valence-electron chi connectivity index (χ0n) is 12.6. The highest BCUT2D eigenvalue weighted by atomic mass is 16.5. The van der Waals surface area contributed by atoms with E-state index in [0.717, 1.165) is 13.1 Å². The van der Waals surface area contributed by atoms with Gasteiger partial charge in [-0.3, -0.25) is 4.79 Å². The maximum Gasteiger partial charge on any atom is 0.232 e. The van der Waals surface area contributed by atoms with Crippen molar-refractivity contribution in [2.45, 2.75) is 19.4 Å². The molecule has 0 aliphatic carbocycles. The molecule has 1 aromatic carbocycles. The summed E-state index contributed by atoms with van der Waals surface area (Å²) in [5, 5.41) is 12.3. The molecule has 2 aliphatic rings. The number of Topliss-reactive ketones (excluding diaryl/α,β-unsaturated/α-hetero) is 1. The summed E-state index contributed by atoms with van der Waals surface area (Å²) >= 11 is 0. The van der Waals surface area contributed by atoms with Crippen molar-refractivity contribution in [2.24, 2.45) is 0 Å². The van der Waals surface area contributed by atoms with Gasteiger partial charge in [0.25, 0.3) is 0 Å². The Balaban J connectivity index is 1.69. The quantitative estimate of drug-likeness (QED) is 0.864. The highest BCUT2D eigenvalue weighted by molar-refractivity contribution is 6.14. The number of carbonyl (C=O) groups is 1. The topological polar surface area (TPSA) is 66.9 Å². The van der Waals surface area contributed by atoms with E-state index in [9.17, 15) is 9.90 Å². The van der Waals surface area contributed by atoms with Crippen molar-refractivity contribution in [3.05, 3.63) is 53.2 Å². The minimum atomic E-state index is -0.200. The molecular weight excluding hydrogens is 294 g/mol.